The third-order valence-electron chi connectivity index (χ3n) is 4.12. The van der Waals surface area contributed by atoms with Crippen LogP contribution in [0.25, 0.3) is 10.8 Å². The molecule has 23 heavy (non-hydrogen) atoms. The molecule has 1 aromatic heterocycles. The molecular weight excluding hydrogens is 292 g/mol. The van der Waals surface area contributed by atoms with E-state index in [0.29, 0.717) is 36.1 Å². The second kappa shape index (κ2) is 6.12. The summed E-state index contributed by atoms with van der Waals surface area (Å²) >= 11 is 0. The fourth-order valence-corrected chi connectivity index (χ4v) is 2.98. The van der Waals surface area contributed by atoms with Gasteiger partial charge in [0.05, 0.1) is 5.39 Å². The molecule has 0 unspecified atom stereocenters. The maximum Gasteiger partial charge on any atom is 0.275 e. The quantitative estimate of drug-likeness (QED) is 0.924. The van der Waals surface area contributed by atoms with Crippen molar-refractivity contribution >= 4 is 16.7 Å². The van der Waals surface area contributed by atoms with Crippen LogP contribution in [0.15, 0.2) is 29.1 Å². The van der Waals surface area contributed by atoms with Gasteiger partial charge in [-0.2, -0.15) is 5.10 Å². The second-order valence-corrected chi connectivity index (χ2v) is 6.58. The van der Waals surface area contributed by atoms with Gasteiger partial charge in [-0.25, -0.2) is 4.68 Å². The molecular formula is C17H22N4O2. The monoisotopic (exact) mass is 314 g/mol. The SMILES string of the molecule is CC(C)Cn1nc(C(=O)N2CC[C@@H](N)C2)c2ccccc2c1=O. The van der Waals surface area contributed by atoms with E-state index in [2.05, 4.69) is 5.10 Å². The summed E-state index contributed by atoms with van der Waals surface area (Å²) in [7, 11) is 0. The van der Waals surface area contributed by atoms with Gasteiger partial charge in [0.1, 0.15) is 0 Å². The van der Waals surface area contributed by atoms with Gasteiger partial charge in [0.15, 0.2) is 5.69 Å². The number of nitrogens with zero attached hydrogens (tertiary/aromatic N) is 3. The van der Waals surface area contributed by atoms with Crippen LogP contribution in [0.5, 0.6) is 0 Å². The van der Waals surface area contributed by atoms with Gasteiger partial charge < -0.3 is 10.6 Å². The van der Waals surface area contributed by atoms with Crippen molar-refractivity contribution < 1.29 is 4.79 Å². The van der Waals surface area contributed by atoms with Crippen molar-refractivity contribution in [2.45, 2.75) is 32.9 Å². The first-order valence-corrected chi connectivity index (χ1v) is 8.02. The Morgan fingerprint density at radius 2 is 2.04 bits per heavy atom. The molecule has 2 N–H and O–H groups in total. The van der Waals surface area contributed by atoms with Crippen LogP contribution in [0.1, 0.15) is 30.8 Å². The Bertz CT molecular complexity index is 797. The van der Waals surface area contributed by atoms with E-state index in [1.165, 1.54) is 4.68 Å². The highest BCUT2D eigenvalue weighted by Gasteiger charge is 2.27. The van der Waals surface area contributed by atoms with E-state index >= 15 is 0 Å². The van der Waals surface area contributed by atoms with Crippen molar-refractivity contribution in [3.05, 3.63) is 40.3 Å². The van der Waals surface area contributed by atoms with Gasteiger partial charge >= 0.3 is 0 Å². The molecule has 0 saturated carbocycles. The molecule has 1 saturated heterocycles. The number of hydrogen-bond acceptors (Lipinski definition) is 4. The number of carbonyl (C=O) groups is 1. The summed E-state index contributed by atoms with van der Waals surface area (Å²) in [4.78, 5) is 27.1. The van der Waals surface area contributed by atoms with Gasteiger partial charge in [0, 0.05) is 31.1 Å². The lowest BCUT2D eigenvalue weighted by atomic mass is 10.1. The maximum absolute atomic E-state index is 12.8. The number of nitrogens with two attached hydrogens (primary N) is 1. The van der Waals surface area contributed by atoms with Gasteiger partial charge in [-0.15, -0.1) is 0 Å². The molecule has 0 aliphatic carbocycles. The first-order chi connectivity index (χ1) is 11.0. The summed E-state index contributed by atoms with van der Waals surface area (Å²) in [6.07, 6.45) is 0.801. The summed E-state index contributed by atoms with van der Waals surface area (Å²) in [5, 5.41) is 5.53. The first kappa shape index (κ1) is 15.7. The molecule has 6 heteroatoms. The van der Waals surface area contributed by atoms with Crippen molar-refractivity contribution in [3.8, 4) is 0 Å². The lowest BCUT2D eigenvalue weighted by Crippen LogP contribution is -2.35. The fourth-order valence-electron chi connectivity index (χ4n) is 2.98. The number of amides is 1. The molecule has 0 bridgehead atoms. The molecule has 1 aliphatic rings. The minimum atomic E-state index is -0.149. The molecule has 1 aromatic carbocycles. The summed E-state index contributed by atoms with van der Waals surface area (Å²) in [6, 6.07) is 7.19. The zero-order valence-electron chi connectivity index (χ0n) is 13.5. The first-order valence-electron chi connectivity index (χ1n) is 8.02. The Morgan fingerprint density at radius 3 is 2.65 bits per heavy atom. The molecule has 0 radical (unpaired) electrons. The van der Waals surface area contributed by atoms with Gasteiger partial charge in [0.2, 0.25) is 0 Å². The minimum absolute atomic E-state index is 0.0202. The third-order valence-corrected chi connectivity index (χ3v) is 4.12. The second-order valence-electron chi connectivity index (χ2n) is 6.58. The Morgan fingerprint density at radius 1 is 1.35 bits per heavy atom. The largest absolute Gasteiger partial charge is 0.336 e. The van der Waals surface area contributed by atoms with Crippen LogP contribution in [0.4, 0.5) is 0 Å². The van der Waals surface area contributed by atoms with E-state index in [0.717, 1.165) is 6.42 Å². The van der Waals surface area contributed by atoms with E-state index in [9.17, 15) is 9.59 Å². The van der Waals surface area contributed by atoms with Crippen molar-refractivity contribution in [1.82, 2.24) is 14.7 Å². The molecule has 2 heterocycles. The van der Waals surface area contributed by atoms with Crippen molar-refractivity contribution in [2.24, 2.45) is 11.7 Å². The van der Waals surface area contributed by atoms with Gasteiger partial charge in [-0.3, -0.25) is 9.59 Å². The Hall–Kier alpha value is -2.21. The van der Waals surface area contributed by atoms with E-state index < -0.39 is 0 Å². The Kier molecular flexibility index (Phi) is 4.17. The molecule has 1 amide bonds. The van der Waals surface area contributed by atoms with E-state index in [4.69, 9.17) is 5.73 Å². The number of aromatic nitrogens is 2. The smallest absolute Gasteiger partial charge is 0.275 e. The van der Waals surface area contributed by atoms with Gasteiger partial charge in [-0.05, 0) is 18.4 Å². The highest BCUT2D eigenvalue weighted by molar-refractivity contribution is 6.04. The Labute approximate surface area is 134 Å². The zero-order chi connectivity index (χ0) is 16.6. The molecule has 1 atom stereocenters. The summed E-state index contributed by atoms with van der Waals surface area (Å²) in [5.41, 5.74) is 6.10. The number of fused-ring (bicyclic) bond motifs is 1. The lowest BCUT2D eigenvalue weighted by molar-refractivity contribution is 0.0784. The Balaban J connectivity index is 2.13. The van der Waals surface area contributed by atoms with Crippen LogP contribution in [0, 0.1) is 5.92 Å². The molecule has 1 fully saturated rings. The minimum Gasteiger partial charge on any atom is -0.336 e. The van der Waals surface area contributed by atoms with Crippen LogP contribution >= 0.6 is 0 Å². The summed E-state index contributed by atoms with van der Waals surface area (Å²) in [6.45, 7) is 5.70. The van der Waals surface area contributed by atoms with E-state index in [1.54, 1.807) is 17.0 Å². The average molecular weight is 314 g/mol. The number of likely N-dealkylation sites (tertiary alicyclic amines) is 1. The van der Waals surface area contributed by atoms with Crippen LogP contribution < -0.4 is 11.3 Å². The van der Waals surface area contributed by atoms with Crippen LogP contribution in [-0.2, 0) is 6.54 Å². The molecule has 2 aromatic rings. The number of benzene rings is 1. The standard InChI is InChI=1S/C17H22N4O2/c1-11(2)9-21-16(22)14-6-4-3-5-13(14)15(19-21)17(23)20-8-7-12(18)10-20/h3-6,11-12H,7-10,18H2,1-2H3/t12-/m1/s1. The van der Waals surface area contributed by atoms with Crippen molar-refractivity contribution in [3.63, 3.8) is 0 Å². The van der Waals surface area contributed by atoms with Crippen LogP contribution in [-0.4, -0.2) is 39.7 Å². The topological polar surface area (TPSA) is 81.2 Å². The number of hydrogen-bond donors (Lipinski definition) is 1. The van der Waals surface area contributed by atoms with Crippen LogP contribution in [0.2, 0.25) is 0 Å². The summed E-state index contributed by atoms with van der Waals surface area (Å²) in [5.74, 6) is 0.121. The maximum atomic E-state index is 12.8. The van der Waals surface area contributed by atoms with Crippen molar-refractivity contribution in [2.75, 3.05) is 13.1 Å². The predicted octanol–water partition coefficient (Wildman–Crippen LogP) is 1.23. The summed E-state index contributed by atoms with van der Waals surface area (Å²) < 4.78 is 1.41. The van der Waals surface area contributed by atoms with E-state index in [-0.39, 0.29) is 23.4 Å². The predicted molar refractivity (Wildman–Crippen MR) is 89.3 cm³/mol. The third kappa shape index (κ3) is 2.99. The molecule has 1 aliphatic heterocycles. The van der Waals surface area contributed by atoms with Gasteiger partial charge in [0.25, 0.3) is 11.5 Å². The normalized spacial score (nSPS) is 18.1. The molecule has 3 rings (SSSR count). The van der Waals surface area contributed by atoms with Gasteiger partial charge in [-0.1, -0.05) is 32.0 Å². The molecule has 0 spiro atoms. The fraction of sp³-hybridized carbons (Fsp3) is 0.471. The van der Waals surface area contributed by atoms with Crippen LogP contribution in [0.3, 0.4) is 0 Å². The number of carbonyl (C=O) groups excluding carboxylic acids is 1. The highest BCUT2D eigenvalue weighted by atomic mass is 16.2. The van der Waals surface area contributed by atoms with E-state index in [1.807, 2.05) is 26.0 Å². The highest BCUT2D eigenvalue weighted by Crippen LogP contribution is 2.18. The zero-order valence-corrected chi connectivity index (χ0v) is 13.5. The lowest BCUT2D eigenvalue weighted by Gasteiger charge is -2.18. The average Bonchev–Trinajstić information content (AvgIpc) is 2.95. The molecule has 6 nitrogen and oxygen atoms in total. The van der Waals surface area contributed by atoms with Crippen molar-refractivity contribution in [1.29, 1.82) is 0 Å². The number of rotatable bonds is 3. The molecule has 122 valence electrons.